The number of fused-ring (bicyclic) bond motifs is 1. The summed E-state index contributed by atoms with van der Waals surface area (Å²) < 4.78 is 40.9. The second kappa shape index (κ2) is 7.10. The van der Waals surface area contributed by atoms with Gasteiger partial charge in [-0.05, 0) is 43.2 Å². The number of aliphatic hydroxyl groups is 1. The minimum atomic E-state index is -4.58. The third-order valence-electron chi connectivity index (χ3n) is 4.03. The summed E-state index contributed by atoms with van der Waals surface area (Å²) in [5, 5.41) is 9.63. The number of benzene rings is 2. The molecule has 0 aliphatic carbocycles. The number of halogens is 5. The van der Waals surface area contributed by atoms with E-state index in [0.717, 1.165) is 11.6 Å². The summed E-state index contributed by atoms with van der Waals surface area (Å²) in [6, 6.07) is 9.50. The average Bonchev–Trinajstić information content (AvgIpc) is 2.93. The van der Waals surface area contributed by atoms with E-state index in [1.165, 1.54) is 13.0 Å². The fourth-order valence-electron chi connectivity index (χ4n) is 2.81. The van der Waals surface area contributed by atoms with E-state index in [2.05, 4.69) is 4.98 Å². The number of alkyl halides is 4. The maximum atomic E-state index is 13.1. The van der Waals surface area contributed by atoms with Crippen LogP contribution in [0.3, 0.4) is 0 Å². The van der Waals surface area contributed by atoms with Gasteiger partial charge in [-0.2, -0.15) is 13.2 Å². The maximum Gasteiger partial charge on any atom is 0.417 e. The van der Waals surface area contributed by atoms with E-state index in [-0.39, 0.29) is 11.3 Å². The molecule has 0 aliphatic rings. The highest BCUT2D eigenvalue weighted by Gasteiger charge is 2.34. The minimum Gasteiger partial charge on any atom is -0.385 e. The molecule has 0 amide bonds. The number of imidazole rings is 1. The van der Waals surface area contributed by atoms with E-state index in [1.807, 2.05) is 12.1 Å². The van der Waals surface area contributed by atoms with Crippen molar-refractivity contribution in [3.05, 3.63) is 58.4 Å². The second-order valence-electron chi connectivity index (χ2n) is 5.91. The molecule has 3 rings (SSSR count). The zero-order chi connectivity index (χ0) is 19.1. The topological polar surface area (TPSA) is 38.1 Å². The molecule has 0 bridgehead atoms. The molecule has 0 aliphatic heterocycles. The van der Waals surface area contributed by atoms with Crippen LogP contribution in [0.4, 0.5) is 13.2 Å². The van der Waals surface area contributed by atoms with Crippen LogP contribution in [-0.4, -0.2) is 20.5 Å². The normalized spacial score (nSPS) is 13.3. The van der Waals surface area contributed by atoms with E-state index >= 15 is 0 Å². The predicted molar refractivity (Wildman–Crippen MR) is 96.1 cm³/mol. The first kappa shape index (κ1) is 19.0. The first-order chi connectivity index (χ1) is 12.2. The lowest BCUT2D eigenvalue weighted by molar-refractivity contribution is -0.137. The Hall–Kier alpha value is -1.76. The lowest BCUT2D eigenvalue weighted by atomic mass is 10.1. The van der Waals surface area contributed by atoms with Crippen LogP contribution in [0.2, 0.25) is 5.02 Å². The van der Waals surface area contributed by atoms with Crippen LogP contribution < -0.4 is 0 Å². The number of hydrogen-bond acceptors (Lipinski definition) is 2. The maximum absolute atomic E-state index is 13.1. The molecule has 8 heteroatoms. The Labute approximate surface area is 158 Å². The van der Waals surface area contributed by atoms with Crippen molar-refractivity contribution in [1.82, 2.24) is 9.55 Å². The SMILES string of the molecule is CC(O)c1nc2cc(C(F)(F)F)c(Cl)cc2n1-c1ccc(CCCl)cc1. The van der Waals surface area contributed by atoms with Gasteiger partial charge in [-0.1, -0.05) is 23.7 Å². The Kier molecular flexibility index (Phi) is 5.19. The fourth-order valence-corrected chi connectivity index (χ4v) is 3.29. The summed E-state index contributed by atoms with van der Waals surface area (Å²) in [5.41, 5.74) is 1.25. The van der Waals surface area contributed by atoms with Gasteiger partial charge in [-0.15, -0.1) is 11.6 Å². The Bertz CT molecular complexity index is 934. The fraction of sp³-hybridized carbons (Fsp3) is 0.278. The van der Waals surface area contributed by atoms with Crippen LogP contribution in [-0.2, 0) is 12.6 Å². The van der Waals surface area contributed by atoms with Gasteiger partial charge < -0.3 is 5.11 Å². The van der Waals surface area contributed by atoms with Gasteiger partial charge in [-0.3, -0.25) is 4.57 Å². The van der Waals surface area contributed by atoms with E-state index in [9.17, 15) is 18.3 Å². The Morgan fingerprint density at radius 2 is 1.85 bits per heavy atom. The predicted octanol–water partition coefficient (Wildman–Crippen LogP) is 5.53. The number of aryl methyl sites for hydroxylation is 1. The molecule has 0 fully saturated rings. The summed E-state index contributed by atoms with van der Waals surface area (Å²) in [6.45, 7) is 1.51. The number of hydrogen-bond donors (Lipinski definition) is 1. The quantitative estimate of drug-likeness (QED) is 0.582. The van der Waals surface area contributed by atoms with Gasteiger partial charge in [0.05, 0.1) is 21.6 Å². The highest BCUT2D eigenvalue weighted by atomic mass is 35.5. The van der Waals surface area contributed by atoms with Gasteiger partial charge in [0, 0.05) is 11.6 Å². The molecule has 2 aromatic carbocycles. The van der Waals surface area contributed by atoms with Crippen LogP contribution in [0.25, 0.3) is 16.7 Å². The molecule has 26 heavy (non-hydrogen) atoms. The van der Waals surface area contributed by atoms with Crippen molar-refractivity contribution in [1.29, 1.82) is 0 Å². The molecule has 1 N–H and O–H groups in total. The molecule has 3 aromatic rings. The van der Waals surface area contributed by atoms with Gasteiger partial charge in [0.25, 0.3) is 0 Å². The number of nitrogens with zero attached hydrogens (tertiary/aromatic N) is 2. The summed E-state index contributed by atoms with van der Waals surface area (Å²) in [5.74, 6) is 0.725. The van der Waals surface area contributed by atoms with Crippen molar-refractivity contribution in [3.8, 4) is 5.69 Å². The molecule has 138 valence electrons. The molecule has 1 aromatic heterocycles. The van der Waals surface area contributed by atoms with Crippen molar-refractivity contribution in [2.45, 2.75) is 25.6 Å². The van der Waals surface area contributed by atoms with Crippen LogP contribution in [0.15, 0.2) is 36.4 Å². The van der Waals surface area contributed by atoms with Crippen LogP contribution in [0, 0.1) is 0 Å². The smallest absolute Gasteiger partial charge is 0.385 e. The molecular formula is C18H15Cl2F3N2O. The van der Waals surface area contributed by atoms with Crippen molar-refractivity contribution >= 4 is 34.2 Å². The molecule has 0 saturated heterocycles. The Morgan fingerprint density at radius 1 is 1.19 bits per heavy atom. The molecule has 1 unspecified atom stereocenters. The van der Waals surface area contributed by atoms with Gasteiger partial charge in [-0.25, -0.2) is 4.98 Å². The molecule has 3 nitrogen and oxygen atoms in total. The van der Waals surface area contributed by atoms with Gasteiger partial charge in [0.15, 0.2) is 0 Å². The minimum absolute atomic E-state index is 0.113. The zero-order valence-electron chi connectivity index (χ0n) is 13.7. The summed E-state index contributed by atoms with van der Waals surface area (Å²) in [6.07, 6.45) is -4.85. The Balaban J connectivity index is 2.23. The first-order valence-electron chi connectivity index (χ1n) is 7.85. The highest BCUT2D eigenvalue weighted by molar-refractivity contribution is 6.32. The van der Waals surface area contributed by atoms with E-state index in [4.69, 9.17) is 23.2 Å². The largest absolute Gasteiger partial charge is 0.417 e. The molecule has 0 spiro atoms. The molecule has 0 radical (unpaired) electrons. The van der Waals surface area contributed by atoms with Crippen LogP contribution in [0.5, 0.6) is 0 Å². The van der Waals surface area contributed by atoms with Crippen LogP contribution >= 0.6 is 23.2 Å². The molecule has 1 heterocycles. The summed E-state index contributed by atoms with van der Waals surface area (Å²) in [4.78, 5) is 4.20. The lowest BCUT2D eigenvalue weighted by Gasteiger charge is -2.13. The number of aromatic nitrogens is 2. The number of rotatable bonds is 4. The molecule has 1 atom stereocenters. The lowest BCUT2D eigenvalue weighted by Crippen LogP contribution is -2.06. The third kappa shape index (κ3) is 3.54. The van der Waals surface area contributed by atoms with Gasteiger partial charge >= 0.3 is 6.18 Å². The van der Waals surface area contributed by atoms with E-state index in [0.29, 0.717) is 23.5 Å². The van der Waals surface area contributed by atoms with Crippen molar-refractivity contribution < 1.29 is 18.3 Å². The number of aliphatic hydroxyl groups excluding tert-OH is 1. The zero-order valence-corrected chi connectivity index (χ0v) is 15.2. The Morgan fingerprint density at radius 3 is 2.38 bits per heavy atom. The first-order valence-corrected chi connectivity index (χ1v) is 8.76. The monoisotopic (exact) mass is 402 g/mol. The van der Waals surface area contributed by atoms with E-state index in [1.54, 1.807) is 16.7 Å². The highest BCUT2D eigenvalue weighted by Crippen LogP contribution is 2.38. The van der Waals surface area contributed by atoms with Crippen LogP contribution in [0.1, 0.15) is 30.0 Å². The van der Waals surface area contributed by atoms with Crippen molar-refractivity contribution in [2.75, 3.05) is 5.88 Å². The summed E-state index contributed by atoms with van der Waals surface area (Å²) >= 11 is 11.6. The standard InChI is InChI=1S/C18H15Cl2F3N2O/c1-10(26)17-24-15-8-13(18(21,22)23)14(20)9-16(15)25(17)12-4-2-11(3-5-12)6-7-19/h2-5,8-10,26H,6-7H2,1H3. The van der Waals surface area contributed by atoms with Gasteiger partial charge in [0.1, 0.15) is 11.9 Å². The van der Waals surface area contributed by atoms with Crippen molar-refractivity contribution in [2.24, 2.45) is 0 Å². The molecule has 0 saturated carbocycles. The van der Waals surface area contributed by atoms with E-state index < -0.39 is 22.9 Å². The van der Waals surface area contributed by atoms with Gasteiger partial charge in [0.2, 0.25) is 0 Å². The third-order valence-corrected chi connectivity index (χ3v) is 4.53. The second-order valence-corrected chi connectivity index (χ2v) is 6.69. The summed E-state index contributed by atoms with van der Waals surface area (Å²) in [7, 11) is 0. The molecular weight excluding hydrogens is 388 g/mol. The van der Waals surface area contributed by atoms with Crippen molar-refractivity contribution in [3.63, 3.8) is 0 Å². The average molecular weight is 403 g/mol.